The minimum atomic E-state index is 0.692. The van der Waals surface area contributed by atoms with Crippen molar-refractivity contribution in [1.82, 2.24) is 5.32 Å². The first-order chi connectivity index (χ1) is 7.88. The van der Waals surface area contributed by atoms with Crippen molar-refractivity contribution in [2.45, 2.75) is 18.9 Å². The lowest BCUT2D eigenvalue weighted by Gasteiger charge is -2.24. The van der Waals surface area contributed by atoms with Gasteiger partial charge in [0.05, 0.1) is 7.11 Å². The molecule has 1 atom stereocenters. The Morgan fingerprint density at radius 2 is 2.31 bits per heavy atom. The summed E-state index contributed by atoms with van der Waals surface area (Å²) in [6, 6.07) is 7.16. The highest BCUT2D eigenvalue weighted by atomic mass is 16.5. The van der Waals surface area contributed by atoms with Gasteiger partial charge in [0.25, 0.3) is 0 Å². The van der Waals surface area contributed by atoms with Gasteiger partial charge in [-0.25, -0.2) is 0 Å². The first-order valence-electron chi connectivity index (χ1n) is 6.03. The molecular weight excluding hydrogens is 200 g/mol. The van der Waals surface area contributed by atoms with Crippen LogP contribution in [0.5, 0.6) is 5.75 Å². The summed E-state index contributed by atoms with van der Waals surface area (Å²) in [6.45, 7) is 3.35. The second kappa shape index (κ2) is 3.98. The largest absolute Gasteiger partial charge is 0.497 e. The molecule has 1 aromatic rings. The second-order valence-electron chi connectivity index (χ2n) is 4.58. The highest BCUT2D eigenvalue weighted by molar-refractivity contribution is 5.62. The van der Waals surface area contributed by atoms with Crippen LogP contribution in [0.1, 0.15) is 12.0 Å². The molecule has 0 radical (unpaired) electrons. The van der Waals surface area contributed by atoms with Gasteiger partial charge in [-0.05, 0) is 31.0 Å². The third-order valence-electron chi connectivity index (χ3n) is 3.68. The zero-order valence-electron chi connectivity index (χ0n) is 9.70. The molecule has 3 rings (SSSR count). The maximum atomic E-state index is 5.31. The number of anilines is 1. The van der Waals surface area contributed by atoms with E-state index in [0.717, 1.165) is 25.4 Å². The van der Waals surface area contributed by atoms with E-state index >= 15 is 0 Å². The molecule has 2 aliphatic heterocycles. The predicted octanol–water partition coefficient (Wildman–Crippen LogP) is 1.42. The van der Waals surface area contributed by atoms with Crippen molar-refractivity contribution >= 4 is 5.69 Å². The van der Waals surface area contributed by atoms with E-state index in [0.29, 0.717) is 6.04 Å². The SMILES string of the molecule is COc1ccc2c(c1)N1CCNCCC1C2. The third kappa shape index (κ3) is 1.55. The smallest absolute Gasteiger partial charge is 0.120 e. The van der Waals surface area contributed by atoms with Gasteiger partial charge in [-0.1, -0.05) is 6.07 Å². The molecule has 1 unspecified atom stereocenters. The van der Waals surface area contributed by atoms with Gasteiger partial charge in [0.1, 0.15) is 5.75 Å². The normalized spacial score (nSPS) is 23.6. The van der Waals surface area contributed by atoms with Gasteiger partial charge in [-0.2, -0.15) is 0 Å². The van der Waals surface area contributed by atoms with Crippen LogP contribution in [-0.2, 0) is 6.42 Å². The summed E-state index contributed by atoms with van der Waals surface area (Å²) in [5.41, 5.74) is 2.86. The van der Waals surface area contributed by atoms with E-state index in [-0.39, 0.29) is 0 Å². The Morgan fingerprint density at radius 3 is 3.19 bits per heavy atom. The van der Waals surface area contributed by atoms with Crippen LogP contribution in [0.2, 0.25) is 0 Å². The van der Waals surface area contributed by atoms with Gasteiger partial charge in [0.15, 0.2) is 0 Å². The minimum absolute atomic E-state index is 0.692. The van der Waals surface area contributed by atoms with E-state index in [4.69, 9.17) is 4.74 Å². The van der Waals surface area contributed by atoms with Crippen LogP contribution >= 0.6 is 0 Å². The Morgan fingerprint density at radius 1 is 1.38 bits per heavy atom. The van der Waals surface area contributed by atoms with Crippen LogP contribution in [0.3, 0.4) is 0 Å². The highest BCUT2D eigenvalue weighted by Gasteiger charge is 2.30. The number of hydrogen-bond acceptors (Lipinski definition) is 3. The molecule has 86 valence electrons. The van der Waals surface area contributed by atoms with Crippen LogP contribution in [0.25, 0.3) is 0 Å². The lowest BCUT2D eigenvalue weighted by Crippen LogP contribution is -2.32. The zero-order valence-corrected chi connectivity index (χ0v) is 9.70. The van der Waals surface area contributed by atoms with Crippen LogP contribution in [-0.4, -0.2) is 32.8 Å². The maximum absolute atomic E-state index is 5.31. The predicted molar refractivity (Wildman–Crippen MR) is 65.3 cm³/mol. The fourth-order valence-corrected chi connectivity index (χ4v) is 2.83. The summed E-state index contributed by atoms with van der Waals surface area (Å²) in [5.74, 6) is 0.969. The van der Waals surface area contributed by atoms with E-state index in [2.05, 4.69) is 28.4 Å². The lowest BCUT2D eigenvalue weighted by molar-refractivity contribution is 0.415. The molecule has 1 fully saturated rings. The van der Waals surface area contributed by atoms with E-state index in [1.807, 2.05) is 0 Å². The van der Waals surface area contributed by atoms with Crippen molar-refractivity contribution in [3.05, 3.63) is 23.8 Å². The first-order valence-corrected chi connectivity index (χ1v) is 6.03. The quantitative estimate of drug-likeness (QED) is 0.771. The Balaban J connectivity index is 1.95. The number of hydrogen-bond donors (Lipinski definition) is 1. The molecular formula is C13H18N2O. The number of benzene rings is 1. The van der Waals surface area contributed by atoms with Gasteiger partial charge in [-0.15, -0.1) is 0 Å². The highest BCUT2D eigenvalue weighted by Crippen LogP contribution is 2.36. The molecule has 3 nitrogen and oxygen atoms in total. The Bertz CT molecular complexity index is 392. The summed E-state index contributed by atoms with van der Waals surface area (Å²) in [7, 11) is 1.73. The molecule has 0 aliphatic carbocycles. The Hall–Kier alpha value is -1.22. The number of ether oxygens (including phenoxy) is 1. The first kappa shape index (κ1) is 9.97. The Labute approximate surface area is 96.4 Å². The molecule has 16 heavy (non-hydrogen) atoms. The number of nitrogens with one attached hydrogen (secondary N) is 1. The number of fused-ring (bicyclic) bond motifs is 3. The van der Waals surface area contributed by atoms with Crippen LogP contribution in [0.15, 0.2) is 18.2 Å². The van der Waals surface area contributed by atoms with Gasteiger partial charge in [0.2, 0.25) is 0 Å². The summed E-state index contributed by atoms with van der Waals surface area (Å²) in [6.07, 6.45) is 2.44. The van der Waals surface area contributed by atoms with Gasteiger partial charge >= 0.3 is 0 Å². The second-order valence-corrected chi connectivity index (χ2v) is 4.58. The van der Waals surface area contributed by atoms with Crippen molar-refractivity contribution in [1.29, 1.82) is 0 Å². The monoisotopic (exact) mass is 218 g/mol. The van der Waals surface area contributed by atoms with E-state index in [1.54, 1.807) is 7.11 Å². The fraction of sp³-hybridized carbons (Fsp3) is 0.538. The fourth-order valence-electron chi connectivity index (χ4n) is 2.83. The average molecular weight is 218 g/mol. The number of nitrogens with zero attached hydrogens (tertiary/aromatic N) is 1. The molecule has 1 N–H and O–H groups in total. The topological polar surface area (TPSA) is 24.5 Å². The molecule has 0 aromatic heterocycles. The van der Waals surface area contributed by atoms with E-state index < -0.39 is 0 Å². The standard InChI is InChI=1S/C13H18N2O/c1-16-12-3-2-10-8-11-4-5-14-6-7-15(11)13(10)9-12/h2-3,9,11,14H,4-8H2,1H3. The summed E-state index contributed by atoms with van der Waals surface area (Å²) in [5, 5.41) is 3.46. The van der Waals surface area contributed by atoms with Crippen LogP contribution in [0, 0.1) is 0 Å². The summed E-state index contributed by atoms with van der Waals surface area (Å²) < 4.78 is 5.31. The molecule has 0 amide bonds. The van der Waals surface area contributed by atoms with Gasteiger partial charge in [-0.3, -0.25) is 0 Å². The van der Waals surface area contributed by atoms with Crippen molar-refractivity contribution in [2.24, 2.45) is 0 Å². The summed E-state index contributed by atoms with van der Waals surface area (Å²) >= 11 is 0. The molecule has 1 saturated heterocycles. The number of methoxy groups -OCH3 is 1. The Kier molecular flexibility index (Phi) is 2.48. The summed E-state index contributed by atoms with van der Waals surface area (Å²) in [4.78, 5) is 2.54. The third-order valence-corrected chi connectivity index (χ3v) is 3.68. The van der Waals surface area contributed by atoms with Gasteiger partial charge < -0.3 is 15.0 Å². The molecule has 1 aromatic carbocycles. The van der Waals surface area contributed by atoms with E-state index in [1.165, 1.54) is 24.1 Å². The van der Waals surface area contributed by atoms with Gasteiger partial charge in [0, 0.05) is 30.9 Å². The van der Waals surface area contributed by atoms with Crippen molar-refractivity contribution < 1.29 is 4.74 Å². The molecule has 2 heterocycles. The van der Waals surface area contributed by atoms with Crippen molar-refractivity contribution in [3.8, 4) is 5.75 Å². The molecule has 3 heteroatoms. The van der Waals surface area contributed by atoms with Crippen molar-refractivity contribution in [2.75, 3.05) is 31.6 Å². The van der Waals surface area contributed by atoms with Crippen LogP contribution < -0.4 is 15.0 Å². The molecule has 0 spiro atoms. The molecule has 0 saturated carbocycles. The minimum Gasteiger partial charge on any atom is -0.497 e. The zero-order chi connectivity index (χ0) is 11.0. The lowest BCUT2D eigenvalue weighted by atomic mass is 10.1. The van der Waals surface area contributed by atoms with Crippen molar-refractivity contribution in [3.63, 3.8) is 0 Å². The molecule has 0 bridgehead atoms. The number of rotatable bonds is 1. The molecule has 2 aliphatic rings. The van der Waals surface area contributed by atoms with Crippen LogP contribution in [0.4, 0.5) is 5.69 Å². The van der Waals surface area contributed by atoms with E-state index in [9.17, 15) is 0 Å². The average Bonchev–Trinajstić information content (AvgIpc) is 2.50. The maximum Gasteiger partial charge on any atom is 0.120 e.